The number of fused-ring (bicyclic) bond motifs is 5. The predicted molar refractivity (Wildman–Crippen MR) is 109 cm³/mol. The van der Waals surface area contributed by atoms with Gasteiger partial charge in [0.05, 0.1) is 7.11 Å². The van der Waals surface area contributed by atoms with Crippen molar-refractivity contribution >= 4 is 11.9 Å². The van der Waals surface area contributed by atoms with E-state index in [2.05, 4.69) is 13.8 Å². The zero-order valence-electron chi connectivity index (χ0n) is 18.6. The molecule has 0 bridgehead atoms. The van der Waals surface area contributed by atoms with Gasteiger partial charge in [0.1, 0.15) is 11.9 Å². The van der Waals surface area contributed by atoms with Gasteiger partial charge in [-0.25, -0.2) is 0 Å². The first-order valence-corrected chi connectivity index (χ1v) is 11.3. The molecule has 0 saturated heterocycles. The lowest BCUT2D eigenvalue weighted by atomic mass is 9.47. The third-order valence-corrected chi connectivity index (χ3v) is 8.94. The van der Waals surface area contributed by atoms with Gasteiger partial charge < -0.3 is 14.2 Å². The van der Waals surface area contributed by atoms with Crippen molar-refractivity contribution in [2.75, 3.05) is 7.11 Å². The summed E-state index contributed by atoms with van der Waals surface area (Å²) in [7, 11) is 1.72. The van der Waals surface area contributed by atoms with E-state index in [4.69, 9.17) is 14.2 Å². The second-order valence-corrected chi connectivity index (χ2v) is 10.2. The van der Waals surface area contributed by atoms with Crippen molar-refractivity contribution in [1.82, 2.24) is 0 Å². The highest BCUT2D eigenvalue weighted by molar-refractivity contribution is 5.66. The van der Waals surface area contributed by atoms with Gasteiger partial charge in [0.25, 0.3) is 0 Å². The van der Waals surface area contributed by atoms with Crippen molar-refractivity contribution in [2.45, 2.75) is 91.3 Å². The molecule has 4 aliphatic rings. The Morgan fingerprint density at radius 1 is 0.897 bits per heavy atom. The molecule has 0 amide bonds. The predicted octanol–water partition coefficient (Wildman–Crippen LogP) is 4.79. The molecule has 0 aliphatic heterocycles. The van der Waals surface area contributed by atoms with Crippen LogP contribution >= 0.6 is 0 Å². The summed E-state index contributed by atoms with van der Waals surface area (Å²) in [6.45, 7) is 7.79. The SMILES string of the molecule is COC1=C2CC[C@@H]3[C@H](CC[C@]4(C)C(OC(C)=O)CC[C@@H]34)[C@@]2(C)CCC1OC(C)=O. The van der Waals surface area contributed by atoms with Crippen LogP contribution in [0.25, 0.3) is 0 Å². The minimum atomic E-state index is -0.238. The first-order valence-electron chi connectivity index (χ1n) is 11.3. The fourth-order valence-corrected chi connectivity index (χ4v) is 7.71. The molecule has 0 N–H and O–H groups in total. The lowest BCUT2D eigenvalue weighted by Gasteiger charge is -2.58. The van der Waals surface area contributed by atoms with Gasteiger partial charge in [0.2, 0.25) is 0 Å². The van der Waals surface area contributed by atoms with Crippen molar-refractivity contribution in [1.29, 1.82) is 0 Å². The average Bonchev–Trinajstić information content (AvgIpc) is 2.97. The summed E-state index contributed by atoms with van der Waals surface area (Å²) in [5, 5.41) is 0. The highest BCUT2D eigenvalue weighted by atomic mass is 16.6. The van der Waals surface area contributed by atoms with Gasteiger partial charge in [0, 0.05) is 19.3 Å². The van der Waals surface area contributed by atoms with Gasteiger partial charge >= 0.3 is 11.9 Å². The highest BCUT2D eigenvalue weighted by Gasteiger charge is 2.60. The highest BCUT2D eigenvalue weighted by Crippen LogP contribution is 2.66. The van der Waals surface area contributed by atoms with Gasteiger partial charge in [-0.2, -0.15) is 0 Å². The zero-order chi connectivity index (χ0) is 21.0. The van der Waals surface area contributed by atoms with Crippen LogP contribution in [0, 0.1) is 28.6 Å². The number of ether oxygens (including phenoxy) is 3. The molecule has 0 radical (unpaired) electrons. The van der Waals surface area contributed by atoms with E-state index in [1.54, 1.807) is 7.11 Å². The first-order chi connectivity index (χ1) is 13.7. The second kappa shape index (κ2) is 7.31. The smallest absolute Gasteiger partial charge is 0.303 e. The molecule has 5 nitrogen and oxygen atoms in total. The number of carbonyl (C=O) groups excluding carboxylic acids is 2. The van der Waals surface area contributed by atoms with Crippen LogP contribution in [0.4, 0.5) is 0 Å². The summed E-state index contributed by atoms with van der Waals surface area (Å²) in [6.07, 6.45) is 8.36. The van der Waals surface area contributed by atoms with Crippen LogP contribution in [-0.2, 0) is 23.8 Å². The maximum absolute atomic E-state index is 11.6. The van der Waals surface area contributed by atoms with Crippen LogP contribution < -0.4 is 0 Å². The molecular formula is C24H36O5. The van der Waals surface area contributed by atoms with Gasteiger partial charge in [-0.1, -0.05) is 13.8 Å². The number of esters is 2. The van der Waals surface area contributed by atoms with E-state index in [0.717, 1.165) is 50.7 Å². The molecule has 3 saturated carbocycles. The molecule has 4 aliphatic carbocycles. The lowest BCUT2D eigenvalue weighted by Crippen LogP contribution is -2.52. The molecular weight excluding hydrogens is 368 g/mol. The van der Waals surface area contributed by atoms with E-state index in [-0.39, 0.29) is 35.0 Å². The molecule has 0 aromatic rings. The Morgan fingerprint density at radius 3 is 2.28 bits per heavy atom. The zero-order valence-corrected chi connectivity index (χ0v) is 18.6. The van der Waals surface area contributed by atoms with Crippen molar-refractivity contribution in [3.05, 3.63) is 11.3 Å². The third-order valence-electron chi connectivity index (χ3n) is 8.94. The molecule has 0 heterocycles. The van der Waals surface area contributed by atoms with Crippen LogP contribution in [0.3, 0.4) is 0 Å². The molecule has 3 fully saturated rings. The van der Waals surface area contributed by atoms with Gasteiger partial charge in [0.15, 0.2) is 6.10 Å². The van der Waals surface area contributed by atoms with Crippen LogP contribution in [0.5, 0.6) is 0 Å². The lowest BCUT2D eigenvalue weighted by molar-refractivity contribution is -0.157. The van der Waals surface area contributed by atoms with Crippen LogP contribution in [0.1, 0.15) is 79.1 Å². The van der Waals surface area contributed by atoms with Crippen molar-refractivity contribution < 1.29 is 23.8 Å². The topological polar surface area (TPSA) is 61.8 Å². The summed E-state index contributed by atoms with van der Waals surface area (Å²) in [5.74, 6) is 2.45. The van der Waals surface area contributed by atoms with E-state index in [1.165, 1.54) is 25.8 Å². The summed E-state index contributed by atoms with van der Waals surface area (Å²) >= 11 is 0. The maximum atomic E-state index is 11.6. The molecule has 29 heavy (non-hydrogen) atoms. The van der Waals surface area contributed by atoms with Gasteiger partial charge in [-0.05, 0) is 80.1 Å². The van der Waals surface area contributed by atoms with Crippen molar-refractivity contribution in [3.63, 3.8) is 0 Å². The largest absolute Gasteiger partial charge is 0.497 e. The van der Waals surface area contributed by atoms with Gasteiger partial charge in [-0.3, -0.25) is 9.59 Å². The van der Waals surface area contributed by atoms with Crippen molar-refractivity contribution in [3.8, 4) is 0 Å². The summed E-state index contributed by atoms with van der Waals surface area (Å²) in [4.78, 5) is 23.2. The van der Waals surface area contributed by atoms with E-state index in [1.807, 2.05) is 0 Å². The number of allylic oxidation sites excluding steroid dienone is 1. The Hall–Kier alpha value is -1.52. The first kappa shape index (κ1) is 20.7. The van der Waals surface area contributed by atoms with Crippen LogP contribution in [0.2, 0.25) is 0 Å². The van der Waals surface area contributed by atoms with E-state index in [9.17, 15) is 9.59 Å². The molecule has 7 atom stereocenters. The number of methoxy groups -OCH3 is 1. The van der Waals surface area contributed by atoms with E-state index < -0.39 is 0 Å². The average molecular weight is 405 g/mol. The molecule has 2 unspecified atom stereocenters. The maximum Gasteiger partial charge on any atom is 0.303 e. The van der Waals surface area contributed by atoms with Crippen LogP contribution in [0.15, 0.2) is 11.3 Å². The third kappa shape index (κ3) is 3.19. The Labute approximate surface area is 174 Å². The van der Waals surface area contributed by atoms with Crippen molar-refractivity contribution in [2.24, 2.45) is 28.6 Å². The fraction of sp³-hybridized carbons (Fsp3) is 0.833. The Kier molecular flexibility index (Phi) is 5.23. The molecule has 162 valence electrons. The molecule has 0 aromatic heterocycles. The molecule has 4 rings (SSSR count). The second-order valence-electron chi connectivity index (χ2n) is 10.2. The standard InChI is InChI=1S/C24H36O5/c1-14(25)28-20-11-13-23(3)18-10-12-24(4)17(8-9-21(24)29-15(2)26)16(18)6-7-19(23)22(20)27-5/h16-18,20-21H,6-13H2,1-5H3/t16-,17-,18-,20?,21?,23+,24-/m0/s1. The minimum absolute atomic E-state index is 0.0740. The summed E-state index contributed by atoms with van der Waals surface area (Å²) in [6, 6.07) is 0. The normalized spacial score (nSPS) is 43.7. The molecule has 5 heteroatoms. The Morgan fingerprint density at radius 2 is 1.62 bits per heavy atom. The number of carbonyl (C=O) groups is 2. The summed E-state index contributed by atoms with van der Waals surface area (Å²) < 4.78 is 17.2. The quantitative estimate of drug-likeness (QED) is 0.633. The Bertz CT molecular complexity index is 727. The molecule has 0 aromatic carbocycles. The van der Waals surface area contributed by atoms with Gasteiger partial charge in [-0.15, -0.1) is 0 Å². The monoisotopic (exact) mass is 404 g/mol. The number of rotatable bonds is 3. The van der Waals surface area contributed by atoms with E-state index in [0.29, 0.717) is 17.8 Å². The van der Waals surface area contributed by atoms with E-state index >= 15 is 0 Å². The summed E-state index contributed by atoms with van der Waals surface area (Å²) in [5.41, 5.74) is 1.62. The molecule has 0 spiro atoms. The minimum Gasteiger partial charge on any atom is -0.497 e. The number of hydrogen-bond donors (Lipinski definition) is 0. The Balaban J connectivity index is 1.62. The number of hydrogen-bond acceptors (Lipinski definition) is 5. The fourth-order valence-electron chi connectivity index (χ4n) is 7.71. The van der Waals surface area contributed by atoms with Crippen LogP contribution in [-0.4, -0.2) is 31.3 Å².